The second kappa shape index (κ2) is 6.37. The van der Waals surface area contributed by atoms with Gasteiger partial charge in [0.15, 0.2) is 5.16 Å². The second-order valence-electron chi connectivity index (χ2n) is 4.77. The Balaban J connectivity index is 1.70. The molecule has 1 aromatic carbocycles. The molecule has 0 amide bonds. The quantitative estimate of drug-likeness (QED) is 0.562. The zero-order valence-corrected chi connectivity index (χ0v) is 13.4. The lowest BCUT2D eigenvalue weighted by Gasteiger charge is -2.01. The molecule has 2 heterocycles. The maximum Gasteiger partial charge on any atom is 0.190 e. The molecule has 0 radical (unpaired) electrons. The Hall–Kier alpha value is -2.05. The van der Waals surface area contributed by atoms with Gasteiger partial charge in [-0.2, -0.15) is 0 Å². The number of nitrogen functional groups attached to an aromatic ring is 1. The number of imidazole rings is 1. The fourth-order valence-corrected chi connectivity index (χ4v) is 2.89. The summed E-state index contributed by atoms with van der Waals surface area (Å²) in [5, 5.41) is 1.38. The maximum absolute atomic E-state index is 5.89. The predicted molar refractivity (Wildman–Crippen MR) is 89.8 cm³/mol. The van der Waals surface area contributed by atoms with Crippen molar-refractivity contribution in [1.82, 2.24) is 19.9 Å². The van der Waals surface area contributed by atoms with Crippen molar-refractivity contribution < 1.29 is 0 Å². The van der Waals surface area contributed by atoms with Crippen LogP contribution in [0.3, 0.4) is 0 Å². The summed E-state index contributed by atoms with van der Waals surface area (Å²) in [4.78, 5) is 16.2. The van der Waals surface area contributed by atoms with E-state index in [4.69, 9.17) is 17.3 Å². The van der Waals surface area contributed by atoms with Gasteiger partial charge in [0.2, 0.25) is 0 Å². The highest BCUT2D eigenvalue weighted by atomic mass is 35.5. The van der Waals surface area contributed by atoms with E-state index in [1.807, 2.05) is 37.4 Å². The zero-order chi connectivity index (χ0) is 15.5. The van der Waals surface area contributed by atoms with E-state index >= 15 is 0 Å². The van der Waals surface area contributed by atoms with Crippen LogP contribution in [0, 0.1) is 6.92 Å². The lowest BCUT2D eigenvalue weighted by Crippen LogP contribution is -1.96. The first-order valence-corrected chi connectivity index (χ1v) is 8.00. The summed E-state index contributed by atoms with van der Waals surface area (Å²) in [6.07, 6.45) is 1.82. The number of anilines is 1. The van der Waals surface area contributed by atoms with Crippen molar-refractivity contribution in [3.05, 3.63) is 52.9 Å². The highest BCUT2D eigenvalue weighted by molar-refractivity contribution is 7.98. The number of rotatable bonds is 4. The number of nitrogens with one attached hydrogen (secondary N) is 1. The van der Waals surface area contributed by atoms with Crippen molar-refractivity contribution in [2.75, 3.05) is 5.73 Å². The number of aromatic nitrogens is 4. The van der Waals surface area contributed by atoms with Crippen molar-refractivity contribution in [1.29, 1.82) is 0 Å². The van der Waals surface area contributed by atoms with Gasteiger partial charge in [-0.15, -0.1) is 0 Å². The minimum Gasteiger partial charge on any atom is -0.384 e. The van der Waals surface area contributed by atoms with Crippen LogP contribution in [0.5, 0.6) is 0 Å². The minimum atomic E-state index is 0.487. The van der Waals surface area contributed by atoms with Gasteiger partial charge in [-0.25, -0.2) is 15.0 Å². The number of hydrogen-bond donors (Lipinski definition) is 2. The van der Waals surface area contributed by atoms with E-state index in [1.54, 1.807) is 6.07 Å². The number of nitrogens with zero attached hydrogens (tertiary/aromatic N) is 3. The molecule has 0 atom stereocenters. The summed E-state index contributed by atoms with van der Waals surface area (Å²) in [6, 6.07) is 9.30. The van der Waals surface area contributed by atoms with Gasteiger partial charge in [0, 0.05) is 40.0 Å². The summed E-state index contributed by atoms with van der Waals surface area (Å²) < 4.78 is 0. The maximum atomic E-state index is 5.89. The third-order valence-corrected chi connectivity index (χ3v) is 4.10. The van der Waals surface area contributed by atoms with E-state index in [1.165, 1.54) is 11.8 Å². The van der Waals surface area contributed by atoms with Crippen molar-refractivity contribution in [3.8, 4) is 11.4 Å². The molecule has 22 heavy (non-hydrogen) atoms. The molecule has 0 bridgehead atoms. The van der Waals surface area contributed by atoms with Crippen LogP contribution >= 0.6 is 23.4 Å². The van der Waals surface area contributed by atoms with Gasteiger partial charge in [-0.1, -0.05) is 23.4 Å². The molecule has 0 spiro atoms. The summed E-state index contributed by atoms with van der Waals surface area (Å²) in [5.41, 5.74) is 8.58. The Labute approximate surface area is 137 Å². The number of hydrogen-bond acceptors (Lipinski definition) is 5. The van der Waals surface area contributed by atoms with E-state index in [9.17, 15) is 0 Å². The number of nitrogens with two attached hydrogens (primary N) is 1. The van der Waals surface area contributed by atoms with Crippen molar-refractivity contribution in [3.63, 3.8) is 0 Å². The number of aromatic amines is 1. The molecule has 112 valence electrons. The Kier molecular flexibility index (Phi) is 4.31. The molecule has 0 unspecified atom stereocenters. The van der Waals surface area contributed by atoms with E-state index < -0.39 is 0 Å². The molecule has 3 N–H and O–H groups in total. The molecule has 0 aliphatic carbocycles. The van der Waals surface area contributed by atoms with Crippen molar-refractivity contribution >= 4 is 29.2 Å². The van der Waals surface area contributed by atoms with Gasteiger partial charge >= 0.3 is 0 Å². The molecule has 0 aliphatic rings. The van der Waals surface area contributed by atoms with Crippen LogP contribution in [0.1, 0.15) is 11.4 Å². The third-order valence-electron chi connectivity index (χ3n) is 2.96. The van der Waals surface area contributed by atoms with Gasteiger partial charge in [-0.05, 0) is 31.2 Å². The van der Waals surface area contributed by atoms with Gasteiger partial charge in [0.1, 0.15) is 11.6 Å². The molecule has 0 aliphatic heterocycles. The fourth-order valence-electron chi connectivity index (χ4n) is 1.96. The molecule has 0 fully saturated rings. The van der Waals surface area contributed by atoms with Gasteiger partial charge in [-0.3, -0.25) is 0 Å². The lowest BCUT2D eigenvalue weighted by atomic mass is 10.2. The zero-order valence-electron chi connectivity index (χ0n) is 11.9. The molecule has 3 aromatic rings. The first-order valence-electron chi connectivity index (χ1n) is 6.64. The van der Waals surface area contributed by atoms with Crippen LogP contribution in [-0.4, -0.2) is 19.9 Å². The summed E-state index contributed by atoms with van der Waals surface area (Å²) in [7, 11) is 0. The van der Waals surface area contributed by atoms with E-state index in [-0.39, 0.29) is 0 Å². The second-order valence-corrected chi connectivity index (χ2v) is 6.15. The normalized spacial score (nSPS) is 10.8. The average Bonchev–Trinajstić information content (AvgIpc) is 2.94. The summed E-state index contributed by atoms with van der Waals surface area (Å²) >= 11 is 7.41. The monoisotopic (exact) mass is 331 g/mol. The van der Waals surface area contributed by atoms with E-state index in [0.29, 0.717) is 21.7 Å². The largest absolute Gasteiger partial charge is 0.384 e. The summed E-state index contributed by atoms with van der Waals surface area (Å²) in [5.74, 6) is 2.00. The number of benzene rings is 1. The first-order chi connectivity index (χ1) is 10.6. The van der Waals surface area contributed by atoms with Crippen LogP contribution in [0.15, 0.2) is 41.7 Å². The van der Waals surface area contributed by atoms with Gasteiger partial charge in [0.25, 0.3) is 0 Å². The van der Waals surface area contributed by atoms with Crippen LogP contribution in [0.4, 0.5) is 5.82 Å². The Morgan fingerprint density at radius 3 is 2.73 bits per heavy atom. The number of aryl methyl sites for hydroxylation is 1. The minimum absolute atomic E-state index is 0.487. The average molecular weight is 332 g/mol. The SMILES string of the molecule is Cc1cc(N)nc(SCc2cnc(-c3ccc(Cl)cc3)[nH]2)n1. The van der Waals surface area contributed by atoms with Crippen LogP contribution < -0.4 is 5.73 Å². The predicted octanol–water partition coefficient (Wildman–Crippen LogP) is 3.70. The van der Waals surface area contributed by atoms with Crippen LogP contribution in [0.25, 0.3) is 11.4 Å². The smallest absolute Gasteiger partial charge is 0.190 e. The van der Waals surface area contributed by atoms with Crippen molar-refractivity contribution in [2.24, 2.45) is 0 Å². The van der Waals surface area contributed by atoms with E-state index in [2.05, 4.69) is 19.9 Å². The highest BCUT2D eigenvalue weighted by Gasteiger charge is 2.06. The highest BCUT2D eigenvalue weighted by Crippen LogP contribution is 2.23. The van der Waals surface area contributed by atoms with Crippen LogP contribution in [0.2, 0.25) is 5.02 Å². The topological polar surface area (TPSA) is 80.5 Å². The number of H-pyrrole nitrogens is 1. The third kappa shape index (κ3) is 3.58. The molecule has 0 saturated carbocycles. The molecule has 5 nitrogen and oxygen atoms in total. The lowest BCUT2D eigenvalue weighted by molar-refractivity contribution is 0.939. The molecular weight excluding hydrogens is 318 g/mol. The van der Waals surface area contributed by atoms with E-state index in [0.717, 1.165) is 22.8 Å². The number of halogens is 1. The van der Waals surface area contributed by atoms with Gasteiger partial charge in [0.05, 0.1) is 0 Å². The van der Waals surface area contributed by atoms with Crippen LogP contribution in [-0.2, 0) is 5.75 Å². The van der Waals surface area contributed by atoms with Gasteiger partial charge < -0.3 is 10.7 Å². The molecule has 7 heteroatoms. The molecular formula is C15H14ClN5S. The summed E-state index contributed by atoms with van der Waals surface area (Å²) in [6.45, 7) is 1.90. The Morgan fingerprint density at radius 1 is 1.23 bits per heavy atom. The number of thioether (sulfide) groups is 1. The first kappa shape index (κ1) is 14.9. The fraction of sp³-hybridized carbons (Fsp3) is 0.133. The molecule has 0 saturated heterocycles. The Morgan fingerprint density at radius 2 is 2.00 bits per heavy atom. The Bertz CT molecular complexity index is 765. The molecule has 3 rings (SSSR count). The molecule has 2 aromatic heterocycles. The van der Waals surface area contributed by atoms with Crippen molar-refractivity contribution in [2.45, 2.75) is 17.8 Å². The standard InChI is InChI=1S/C15H14ClN5S/c1-9-6-13(17)21-15(19-9)22-8-12-7-18-14(20-12)10-2-4-11(16)5-3-10/h2-7H,8H2,1H3,(H,18,20)(H2,17,19,21).